The summed E-state index contributed by atoms with van der Waals surface area (Å²) < 4.78 is 15.7. The molecule has 0 saturated heterocycles. The lowest BCUT2D eigenvalue weighted by molar-refractivity contribution is -0.148. The van der Waals surface area contributed by atoms with Crippen LogP contribution in [-0.2, 0) is 18.7 Å². The molecule has 1 atom stereocenters. The number of ether oxygens (including phenoxy) is 2. The molecule has 5 nitrogen and oxygen atoms in total. The van der Waals surface area contributed by atoms with Crippen LogP contribution in [0.15, 0.2) is 12.7 Å². The molecule has 0 radical (unpaired) electrons. The fraction of sp³-hybridized carbons (Fsp3) is 0.750. The second-order valence-corrected chi connectivity index (χ2v) is 9.02. The molecule has 0 aromatic heterocycles. The summed E-state index contributed by atoms with van der Waals surface area (Å²) in [6.45, 7) is 8.10. The van der Waals surface area contributed by atoms with Gasteiger partial charge in [-0.1, -0.05) is 6.58 Å². The first-order chi connectivity index (χ1) is 8.45. The minimum Gasteiger partial charge on any atom is -0.454 e. The highest BCUT2D eigenvalue weighted by atomic mass is 28.4. The molecule has 0 bridgehead atoms. The van der Waals surface area contributed by atoms with Crippen LogP contribution >= 0.6 is 0 Å². The molecule has 1 unspecified atom stereocenters. The highest BCUT2D eigenvalue weighted by Gasteiger charge is 2.19. The second kappa shape index (κ2) is 9.27. The van der Waals surface area contributed by atoms with Crippen LogP contribution in [0.2, 0.25) is 19.1 Å². The number of hydrogen-bond acceptors (Lipinski definition) is 5. The van der Waals surface area contributed by atoms with E-state index in [1.807, 2.05) is 0 Å². The first-order valence-corrected chi connectivity index (χ1v) is 9.13. The predicted molar refractivity (Wildman–Crippen MR) is 71.9 cm³/mol. The van der Waals surface area contributed by atoms with E-state index in [0.717, 1.165) is 18.5 Å². The van der Waals surface area contributed by atoms with E-state index < -0.39 is 20.4 Å². The molecule has 0 heterocycles. The summed E-state index contributed by atoms with van der Waals surface area (Å²) in [6, 6.07) is 1.01. The van der Waals surface area contributed by atoms with E-state index in [-0.39, 0.29) is 13.2 Å². The number of aliphatic hydroxyl groups excluding tert-OH is 1. The van der Waals surface area contributed by atoms with Gasteiger partial charge in [-0.15, -0.1) is 0 Å². The van der Waals surface area contributed by atoms with E-state index in [0.29, 0.717) is 6.61 Å². The van der Waals surface area contributed by atoms with Crippen molar-refractivity contribution in [3.05, 3.63) is 12.7 Å². The molecule has 0 saturated carbocycles. The first-order valence-electron chi connectivity index (χ1n) is 6.02. The van der Waals surface area contributed by atoms with Crippen molar-refractivity contribution in [2.75, 3.05) is 26.9 Å². The fourth-order valence-electron chi connectivity index (χ4n) is 1.25. The molecule has 0 aromatic carbocycles. The van der Waals surface area contributed by atoms with Crippen LogP contribution in [0.3, 0.4) is 0 Å². The van der Waals surface area contributed by atoms with Crippen molar-refractivity contribution in [2.24, 2.45) is 0 Å². The van der Waals surface area contributed by atoms with Gasteiger partial charge in [0.1, 0.15) is 6.10 Å². The Balaban J connectivity index is 3.69. The van der Waals surface area contributed by atoms with Crippen LogP contribution in [0.5, 0.6) is 0 Å². The maximum atomic E-state index is 10.9. The van der Waals surface area contributed by atoms with Crippen LogP contribution < -0.4 is 0 Å². The summed E-state index contributed by atoms with van der Waals surface area (Å²) in [4.78, 5) is 10.9. The smallest absolute Gasteiger partial charge is 0.330 e. The lowest BCUT2D eigenvalue weighted by Crippen LogP contribution is -2.29. The molecule has 1 N–H and O–H groups in total. The van der Waals surface area contributed by atoms with Gasteiger partial charge in [-0.3, -0.25) is 0 Å². The van der Waals surface area contributed by atoms with Gasteiger partial charge in [0, 0.05) is 19.8 Å². The molecule has 6 heteroatoms. The molecular formula is C12H24O5Si. The molecule has 0 aliphatic rings. The van der Waals surface area contributed by atoms with Gasteiger partial charge in [-0.05, 0) is 25.6 Å². The SMILES string of the molecule is C=CC(=O)OC(CO)COCCC[Si](C)(C)OC. The number of aliphatic hydroxyl groups is 1. The minimum absolute atomic E-state index is 0.199. The highest BCUT2D eigenvalue weighted by molar-refractivity contribution is 6.71. The zero-order valence-corrected chi connectivity index (χ0v) is 12.5. The van der Waals surface area contributed by atoms with E-state index in [4.69, 9.17) is 19.0 Å². The lowest BCUT2D eigenvalue weighted by atomic mass is 10.4. The molecule has 0 spiro atoms. The van der Waals surface area contributed by atoms with E-state index in [2.05, 4.69) is 19.7 Å². The summed E-state index contributed by atoms with van der Waals surface area (Å²) in [5.41, 5.74) is 0. The van der Waals surface area contributed by atoms with Gasteiger partial charge in [0.25, 0.3) is 0 Å². The van der Waals surface area contributed by atoms with E-state index >= 15 is 0 Å². The number of rotatable bonds is 10. The molecular weight excluding hydrogens is 252 g/mol. The Morgan fingerprint density at radius 1 is 1.50 bits per heavy atom. The maximum Gasteiger partial charge on any atom is 0.330 e. The molecule has 106 valence electrons. The van der Waals surface area contributed by atoms with Gasteiger partial charge in [-0.2, -0.15) is 0 Å². The van der Waals surface area contributed by atoms with Gasteiger partial charge in [0.15, 0.2) is 8.32 Å². The van der Waals surface area contributed by atoms with Crippen LogP contribution in [0.1, 0.15) is 6.42 Å². The second-order valence-electron chi connectivity index (χ2n) is 4.59. The van der Waals surface area contributed by atoms with Gasteiger partial charge in [-0.25, -0.2) is 4.79 Å². The number of carbonyl (C=O) groups is 1. The van der Waals surface area contributed by atoms with Crippen LogP contribution in [0.25, 0.3) is 0 Å². The van der Waals surface area contributed by atoms with Crippen molar-refractivity contribution in [3.8, 4) is 0 Å². The van der Waals surface area contributed by atoms with Gasteiger partial charge >= 0.3 is 5.97 Å². The van der Waals surface area contributed by atoms with Gasteiger partial charge < -0.3 is 19.0 Å². The lowest BCUT2D eigenvalue weighted by Gasteiger charge is -2.20. The van der Waals surface area contributed by atoms with E-state index in [9.17, 15) is 4.79 Å². The van der Waals surface area contributed by atoms with Crippen molar-refractivity contribution in [2.45, 2.75) is 31.7 Å². The normalized spacial score (nSPS) is 13.1. The third-order valence-electron chi connectivity index (χ3n) is 2.58. The van der Waals surface area contributed by atoms with Crippen molar-refractivity contribution < 1.29 is 23.8 Å². The van der Waals surface area contributed by atoms with Crippen molar-refractivity contribution >= 4 is 14.3 Å². The van der Waals surface area contributed by atoms with Gasteiger partial charge in [0.05, 0.1) is 13.2 Å². The molecule has 0 amide bonds. The topological polar surface area (TPSA) is 65.0 Å². The zero-order chi connectivity index (χ0) is 14.0. The monoisotopic (exact) mass is 276 g/mol. The van der Waals surface area contributed by atoms with Crippen LogP contribution in [0, 0.1) is 0 Å². The number of carbonyl (C=O) groups excluding carboxylic acids is 1. The number of esters is 1. The van der Waals surface area contributed by atoms with Crippen molar-refractivity contribution in [3.63, 3.8) is 0 Å². The third kappa shape index (κ3) is 8.41. The third-order valence-corrected chi connectivity index (χ3v) is 5.24. The molecule has 0 aliphatic carbocycles. The highest BCUT2D eigenvalue weighted by Crippen LogP contribution is 2.12. The molecule has 0 fully saturated rings. The Morgan fingerprint density at radius 2 is 2.17 bits per heavy atom. The summed E-state index contributed by atoms with van der Waals surface area (Å²) in [5, 5.41) is 8.99. The summed E-state index contributed by atoms with van der Waals surface area (Å²) in [7, 11) is 0.217. The van der Waals surface area contributed by atoms with E-state index in [1.165, 1.54) is 0 Å². The van der Waals surface area contributed by atoms with Crippen LogP contribution in [-0.4, -0.2) is 52.4 Å². The Kier molecular flexibility index (Phi) is 8.91. The Labute approximate surface area is 110 Å². The quantitative estimate of drug-likeness (QED) is 0.282. The average Bonchev–Trinajstić information content (AvgIpc) is 2.36. The first kappa shape index (κ1) is 17.3. The Morgan fingerprint density at radius 3 is 2.67 bits per heavy atom. The predicted octanol–water partition coefficient (Wildman–Crippen LogP) is 1.33. The molecule has 18 heavy (non-hydrogen) atoms. The molecule has 0 rings (SSSR count). The Hall–Kier alpha value is -0.693. The largest absolute Gasteiger partial charge is 0.454 e. The summed E-state index contributed by atoms with van der Waals surface area (Å²) in [6.07, 6.45) is 1.35. The van der Waals surface area contributed by atoms with Crippen molar-refractivity contribution in [1.82, 2.24) is 0 Å². The minimum atomic E-state index is -1.52. The zero-order valence-electron chi connectivity index (χ0n) is 11.5. The van der Waals surface area contributed by atoms with Gasteiger partial charge in [0.2, 0.25) is 0 Å². The van der Waals surface area contributed by atoms with E-state index in [1.54, 1.807) is 7.11 Å². The number of hydrogen-bond donors (Lipinski definition) is 1. The van der Waals surface area contributed by atoms with Crippen molar-refractivity contribution in [1.29, 1.82) is 0 Å². The maximum absolute atomic E-state index is 10.9. The standard InChI is InChI=1S/C12H24O5Si/c1-5-12(14)17-11(9-13)10-16-7-6-8-18(3,4)15-2/h5,11,13H,1,6-10H2,2-4H3. The fourth-order valence-corrected chi connectivity index (χ4v) is 2.45. The Bertz CT molecular complexity index is 255. The molecule has 0 aromatic rings. The molecule has 0 aliphatic heterocycles. The summed E-state index contributed by atoms with van der Waals surface area (Å²) >= 11 is 0. The van der Waals surface area contributed by atoms with Crippen LogP contribution in [0.4, 0.5) is 0 Å². The average molecular weight is 276 g/mol. The summed E-state index contributed by atoms with van der Waals surface area (Å²) in [5.74, 6) is -0.550.